The SMILES string of the molecule is Cc1c(C(=O)O)[nH]c2cc(C=O)ccc12. The number of carboxylic acids is 1. The molecule has 4 nitrogen and oxygen atoms in total. The standard InChI is InChI=1S/C11H9NO3/c1-6-8-3-2-7(5-13)4-9(8)12-10(6)11(14)15/h2-5,12H,1H3,(H,14,15). The van der Waals surface area contributed by atoms with Crippen molar-refractivity contribution < 1.29 is 14.7 Å². The Bertz CT molecular complexity index is 554. The highest BCUT2D eigenvalue weighted by molar-refractivity contribution is 5.98. The summed E-state index contributed by atoms with van der Waals surface area (Å²) < 4.78 is 0. The molecule has 0 spiro atoms. The molecule has 0 radical (unpaired) electrons. The summed E-state index contributed by atoms with van der Waals surface area (Å²) in [6, 6.07) is 5.06. The lowest BCUT2D eigenvalue weighted by atomic mass is 10.1. The molecule has 1 aromatic heterocycles. The van der Waals surface area contributed by atoms with Crippen LogP contribution in [0.15, 0.2) is 18.2 Å². The highest BCUT2D eigenvalue weighted by Crippen LogP contribution is 2.22. The first-order valence-electron chi connectivity index (χ1n) is 4.44. The number of carbonyl (C=O) groups excluding carboxylic acids is 1. The summed E-state index contributed by atoms with van der Waals surface area (Å²) in [6.45, 7) is 1.74. The molecular weight excluding hydrogens is 194 g/mol. The molecular formula is C11H9NO3. The first-order valence-corrected chi connectivity index (χ1v) is 4.44. The van der Waals surface area contributed by atoms with Crippen molar-refractivity contribution in [3.8, 4) is 0 Å². The molecule has 0 fully saturated rings. The Morgan fingerprint density at radius 1 is 1.47 bits per heavy atom. The predicted molar refractivity (Wildman–Crippen MR) is 55.4 cm³/mol. The van der Waals surface area contributed by atoms with E-state index in [-0.39, 0.29) is 5.69 Å². The summed E-state index contributed by atoms with van der Waals surface area (Å²) >= 11 is 0. The number of H-pyrrole nitrogens is 1. The smallest absolute Gasteiger partial charge is 0.352 e. The zero-order valence-corrected chi connectivity index (χ0v) is 8.07. The van der Waals surface area contributed by atoms with E-state index in [2.05, 4.69) is 4.98 Å². The van der Waals surface area contributed by atoms with Crippen LogP contribution in [0.5, 0.6) is 0 Å². The molecule has 1 aromatic carbocycles. The Hall–Kier alpha value is -2.10. The maximum absolute atomic E-state index is 10.8. The first kappa shape index (κ1) is 9.45. The fourth-order valence-electron chi connectivity index (χ4n) is 1.64. The number of hydrogen-bond donors (Lipinski definition) is 2. The minimum absolute atomic E-state index is 0.174. The van der Waals surface area contributed by atoms with Crippen molar-refractivity contribution >= 4 is 23.2 Å². The van der Waals surface area contributed by atoms with E-state index in [1.54, 1.807) is 25.1 Å². The molecule has 0 aliphatic heterocycles. The van der Waals surface area contributed by atoms with Crippen LogP contribution in [0.25, 0.3) is 10.9 Å². The van der Waals surface area contributed by atoms with E-state index in [4.69, 9.17) is 5.11 Å². The predicted octanol–water partition coefficient (Wildman–Crippen LogP) is 1.99. The first-order chi connectivity index (χ1) is 7.13. The van der Waals surface area contributed by atoms with Gasteiger partial charge in [-0.2, -0.15) is 0 Å². The van der Waals surface area contributed by atoms with Crippen LogP contribution in [0.4, 0.5) is 0 Å². The number of aromatic amines is 1. The van der Waals surface area contributed by atoms with Crippen LogP contribution >= 0.6 is 0 Å². The molecule has 0 atom stereocenters. The molecule has 0 bridgehead atoms. The Morgan fingerprint density at radius 2 is 2.20 bits per heavy atom. The molecule has 15 heavy (non-hydrogen) atoms. The number of aromatic nitrogens is 1. The molecule has 0 amide bonds. The van der Waals surface area contributed by atoms with Gasteiger partial charge in [-0.15, -0.1) is 0 Å². The van der Waals surface area contributed by atoms with Crippen molar-refractivity contribution in [2.45, 2.75) is 6.92 Å². The van der Waals surface area contributed by atoms with Crippen LogP contribution in [0.3, 0.4) is 0 Å². The van der Waals surface area contributed by atoms with Gasteiger partial charge in [0, 0.05) is 16.5 Å². The molecule has 4 heteroatoms. The summed E-state index contributed by atoms with van der Waals surface area (Å²) in [6.07, 6.45) is 0.732. The molecule has 2 aromatic rings. The van der Waals surface area contributed by atoms with E-state index in [9.17, 15) is 9.59 Å². The Kier molecular flexibility index (Phi) is 2.04. The summed E-state index contributed by atoms with van der Waals surface area (Å²) in [7, 11) is 0. The average molecular weight is 203 g/mol. The lowest BCUT2D eigenvalue weighted by Gasteiger charge is -1.92. The van der Waals surface area contributed by atoms with Gasteiger partial charge < -0.3 is 10.1 Å². The summed E-state index contributed by atoms with van der Waals surface area (Å²) in [4.78, 5) is 24.2. The molecule has 1 heterocycles. The molecule has 2 rings (SSSR count). The van der Waals surface area contributed by atoms with Crippen molar-refractivity contribution in [3.05, 3.63) is 35.0 Å². The molecule has 2 N–H and O–H groups in total. The van der Waals surface area contributed by atoms with Gasteiger partial charge in [-0.3, -0.25) is 4.79 Å². The molecule has 0 aliphatic rings. The van der Waals surface area contributed by atoms with Crippen molar-refractivity contribution in [2.24, 2.45) is 0 Å². The largest absolute Gasteiger partial charge is 0.477 e. The van der Waals surface area contributed by atoms with Crippen molar-refractivity contribution in [1.29, 1.82) is 0 Å². The fourth-order valence-corrected chi connectivity index (χ4v) is 1.64. The quantitative estimate of drug-likeness (QED) is 0.733. The van der Waals surface area contributed by atoms with E-state index in [0.717, 1.165) is 11.7 Å². The number of aldehydes is 1. The highest BCUT2D eigenvalue weighted by atomic mass is 16.4. The van der Waals surface area contributed by atoms with Gasteiger partial charge in [-0.05, 0) is 18.6 Å². The van der Waals surface area contributed by atoms with E-state index >= 15 is 0 Å². The van der Waals surface area contributed by atoms with Gasteiger partial charge in [0.15, 0.2) is 0 Å². The maximum Gasteiger partial charge on any atom is 0.352 e. The number of hydrogen-bond acceptors (Lipinski definition) is 2. The zero-order valence-electron chi connectivity index (χ0n) is 8.07. The zero-order chi connectivity index (χ0) is 11.0. The highest BCUT2D eigenvalue weighted by Gasteiger charge is 2.13. The third-order valence-corrected chi connectivity index (χ3v) is 2.43. The van der Waals surface area contributed by atoms with Gasteiger partial charge in [0.2, 0.25) is 0 Å². The second kappa shape index (κ2) is 3.24. The van der Waals surface area contributed by atoms with Crippen molar-refractivity contribution in [3.63, 3.8) is 0 Å². The van der Waals surface area contributed by atoms with Gasteiger partial charge in [0.1, 0.15) is 12.0 Å². The van der Waals surface area contributed by atoms with Crippen LogP contribution in [0.1, 0.15) is 26.4 Å². The third kappa shape index (κ3) is 1.40. The van der Waals surface area contributed by atoms with Crippen LogP contribution in [0.2, 0.25) is 0 Å². The molecule has 0 aliphatic carbocycles. The number of nitrogens with one attached hydrogen (secondary N) is 1. The topological polar surface area (TPSA) is 70.2 Å². The van der Waals surface area contributed by atoms with Gasteiger partial charge in [0.25, 0.3) is 0 Å². The van der Waals surface area contributed by atoms with Gasteiger partial charge in [-0.1, -0.05) is 12.1 Å². The lowest BCUT2D eigenvalue weighted by Crippen LogP contribution is -1.97. The van der Waals surface area contributed by atoms with Gasteiger partial charge >= 0.3 is 5.97 Å². The Labute approximate surface area is 85.5 Å². The van der Waals surface area contributed by atoms with Gasteiger partial charge in [-0.25, -0.2) is 4.79 Å². The summed E-state index contributed by atoms with van der Waals surface area (Å²) in [5.41, 5.74) is 2.07. The average Bonchev–Trinajstić information content (AvgIpc) is 2.55. The molecule has 0 saturated carbocycles. The Balaban J connectivity index is 2.76. The number of fused-ring (bicyclic) bond motifs is 1. The molecule has 0 unspecified atom stereocenters. The normalized spacial score (nSPS) is 10.5. The maximum atomic E-state index is 10.8. The number of aromatic carboxylic acids is 1. The van der Waals surface area contributed by atoms with E-state index in [0.29, 0.717) is 16.6 Å². The number of rotatable bonds is 2. The van der Waals surface area contributed by atoms with Crippen molar-refractivity contribution in [1.82, 2.24) is 4.98 Å². The summed E-state index contributed by atoms with van der Waals surface area (Å²) in [5.74, 6) is -0.989. The van der Waals surface area contributed by atoms with Crippen LogP contribution < -0.4 is 0 Å². The van der Waals surface area contributed by atoms with Crippen molar-refractivity contribution in [2.75, 3.05) is 0 Å². The minimum atomic E-state index is -0.989. The fraction of sp³-hybridized carbons (Fsp3) is 0.0909. The van der Waals surface area contributed by atoms with E-state index in [1.165, 1.54) is 0 Å². The second-order valence-electron chi connectivity index (χ2n) is 3.35. The van der Waals surface area contributed by atoms with E-state index in [1.807, 2.05) is 0 Å². The number of carbonyl (C=O) groups is 2. The van der Waals surface area contributed by atoms with Gasteiger partial charge in [0.05, 0.1) is 0 Å². The Morgan fingerprint density at radius 3 is 2.80 bits per heavy atom. The molecule has 76 valence electrons. The van der Waals surface area contributed by atoms with Crippen LogP contribution in [0, 0.1) is 6.92 Å². The number of aryl methyl sites for hydroxylation is 1. The number of benzene rings is 1. The van der Waals surface area contributed by atoms with E-state index < -0.39 is 5.97 Å². The summed E-state index contributed by atoms with van der Waals surface area (Å²) in [5, 5.41) is 9.72. The molecule has 0 saturated heterocycles. The minimum Gasteiger partial charge on any atom is -0.477 e. The van der Waals surface area contributed by atoms with Crippen LogP contribution in [-0.2, 0) is 0 Å². The number of carboxylic acid groups (broad SMARTS) is 1. The third-order valence-electron chi connectivity index (χ3n) is 2.43. The second-order valence-corrected chi connectivity index (χ2v) is 3.35. The van der Waals surface area contributed by atoms with Crippen LogP contribution in [-0.4, -0.2) is 22.3 Å². The monoisotopic (exact) mass is 203 g/mol. The lowest BCUT2D eigenvalue weighted by molar-refractivity contribution is 0.0690.